The van der Waals surface area contributed by atoms with E-state index in [2.05, 4.69) is 17.2 Å². The first-order chi connectivity index (χ1) is 8.15. The molecular formula is C13H16N2O2. The zero-order valence-corrected chi connectivity index (χ0v) is 10.1. The number of nitrogens with one attached hydrogen (secondary N) is 1. The fourth-order valence-corrected chi connectivity index (χ4v) is 1.63. The molecule has 0 spiro atoms. The number of carbonyl (C=O) groups is 1. The Hall–Kier alpha value is -1.84. The lowest BCUT2D eigenvalue weighted by Gasteiger charge is -2.19. The topological polar surface area (TPSA) is 50.7 Å². The fraction of sp³-hybridized carbons (Fsp3) is 0.385. The molecule has 4 nitrogen and oxygen atoms in total. The van der Waals surface area contributed by atoms with Gasteiger partial charge in [0.05, 0.1) is 6.61 Å². The van der Waals surface area contributed by atoms with E-state index in [-0.39, 0.29) is 5.91 Å². The minimum absolute atomic E-state index is 0.0715. The van der Waals surface area contributed by atoms with E-state index in [0.717, 1.165) is 17.8 Å². The van der Waals surface area contributed by atoms with Crippen LogP contribution in [0.3, 0.4) is 0 Å². The minimum atomic E-state index is -0.0715. The zero-order chi connectivity index (χ0) is 12.3. The van der Waals surface area contributed by atoms with Crippen molar-refractivity contribution in [2.24, 2.45) is 10.9 Å². The molecule has 1 aromatic rings. The molecule has 1 heterocycles. The molecule has 0 aliphatic carbocycles. The summed E-state index contributed by atoms with van der Waals surface area (Å²) in [6.45, 7) is 5.12. The lowest BCUT2D eigenvalue weighted by molar-refractivity contribution is -0.114. The molecular weight excluding hydrogens is 216 g/mol. The first-order valence-corrected chi connectivity index (χ1v) is 5.70. The molecule has 0 radical (unpaired) electrons. The molecule has 1 atom stereocenters. The van der Waals surface area contributed by atoms with E-state index in [4.69, 9.17) is 4.74 Å². The highest BCUT2D eigenvalue weighted by Crippen LogP contribution is 2.14. The third kappa shape index (κ3) is 3.06. The van der Waals surface area contributed by atoms with Crippen LogP contribution >= 0.6 is 0 Å². The number of rotatable bonds is 2. The molecule has 90 valence electrons. The largest absolute Gasteiger partial charge is 0.477 e. The molecule has 1 N–H and O–H groups in total. The van der Waals surface area contributed by atoms with E-state index in [9.17, 15) is 4.79 Å². The van der Waals surface area contributed by atoms with Crippen LogP contribution in [0, 0.1) is 5.92 Å². The van der Waals surface area contributed by atoms with Crippen molar-refractivity contribution in [1.29, 1.82) is 0 Å². The number of benzene rings is 1. The van der Waals surface area contributed by atoms with Crippen LogP contribution in [0.4, 0.5) is 5.69 Å². The Morgan fingerprint density at radius 2 is 2.12 bits per heavy atom. The van der Waals surface area contributed by atoms with Crippen LogP contribution in [0.2, 0.25) is 0 Å². The minimum Gasteiger partial charge on any atom is -0.477 e. The number of hydrogen-bond acceptors (Lipinski definition) is 3. The highest BCUT2D eigenvalue weighted by Gasteiger charge is 2.13. The maximum absolute atomic E-state index is 10.9. The van der Waals surface area contributed by atoms with E-state index >= 15 is 0 Å². The lowest BCUT2D eigenvalue weighted by Crippen LogP contribution is -2.21. The van der Waals surface area contributed by atoms with Crippen molar-refractivity contribution >= 4 is 17.5 Å². The van der Waals surface area contributed by atoms with Gasteiger partial charge in [-0.3, -0.25) is 9.79 Å². The summed E-state index contributed by atoms with van der Waals surface area (Å²) in [7, 11) is 0. The molecule has 1 amide bonds. The number of carbonyl (C=O) groups excluding carboxylic acids is 1. The van der Waals surface area contributed by atoms with Crippen LogP contribution in [0.15, 0.2) is 29.3 Å². The average molecular weight is 232 g/mol. The van der Waals surface area contributed by atoms with E-state index in [1.165, 1.54) is 6.92 Å². The normalized spacial score (nSPS) is 19.2. The van der Waals surface area contributed by atoms with Crippen molar-refractivity contribution in [3.8, 4) is 0 Å². The SMILES string of the molecule is CC(=O)Nc1ccc(C2=NCC(C)CO2)cc1. The summed E-state index contributed by atoms with van der Waals surface area (Å²) in [6, 6.07) is 7.50. The summed E-state index contributed by atoms with van der Waals surface area (Å²) in [4.78, 5) is 15.3. The van der Waals surface area contributed by atoms with Gasteiger partial charge in [0.1, 0.15) is 0 Å². The molecule has 1 aliphatic rings. The predicted octanol–water partition coefficient (Wildman–Crippen LogP) is 2.06. The highest BCUT2D eigenvalue weighted by molar-refractivity contribution is 5.95. The van der Waals surface area contributed by atoms with Crippen molar-refractivity contribution in [2.45, 2.75) is 13.8 Å². The van der Waals surface area contributed by atoms with Crippen molar-refractivity contribution in [1.82, 2.24) is 0 Å². The van der Waals surface area contributed by atoms with Crippen LogP contribution in [0.1, 0.15) is 19.4 Å². The molecule has 1 unspecified atom stereocenters. The Morgan fingerprint density at radius 1 is 1.41 bits per heavy atom. The predicted molar refractivity (Wildman–Crippen MR) is 67.3 cm³/mol. The van der Waals surface area contributed by atoms with Crippen LogP contribution in [0.5, 0.6) is 0 Å². The summed E-state index contributed by atoms with van der Waals surface area (Å²) >= 11 is 0. The van der Waals surface area contributed by atoms with Gasteiger partial charge in [0, 0.05) is 30.6 Å². The number of ether oxygens (including phenoxy) is 1. The van der Waals surface area contributed by atoms with Gasteiger partial charge >= 0.3 is 0 Å². The molecule has 1 aromatic carbocycles. The Kier molecular flexibility index (Phi) is 3.42. The second kappa shape index (κ2) is 4.99. The average Bonchev–Trinajstić information content (AvgIpc) is 2.30. The summed E-state index contributed by atoms with van der Waals surface area (Å²) in [5.41, 5.74) is 1.73. The molecule has 0 saturated carbocycles. The Labute approximate surface area is 101 Å². The highest BCUT2D eigenvalue weighted by atomic mass is 16.5. The standard InChI is InChI=1S/C13H16N2O2/c1-9-7-14-13(17-8-9)11-3-5-12(6-4-11)15-10(2)16/h3-6,9H,7-8H2,1-2H3,(H,15,16). The fourth-order valence-electron chi connectivity index (χ4n) is 1.63. The number of nitrogens with zero attached hydrogens (tertiary/aromatic N) is 1. The van der Waals surface area contributed by atoms with Gasteiger partial charge < -0.3 is 10.1 Å². The van der Waals surface area contributed by atoms with Gasteiger partial charge in [0.15, 0.2) is 0 Å². The zero-order valence-electron chi connectivity index (χ0n) is 10.1. The summed E-state index contributed by atoms with van der Waals surface area (Å²) in [5.74, 6) is 1.10. The third-order valence-electron chi connectivity index (χ3n) is 2.50. The van der Waals surface area contributed by atoms with Crippen LogP contribution < -0.4 is 5.32 Å². The number of aliphatic imine (C=N–C) groups is 1. The molecule has 0 saturated heterocycles. The maximum Gasteiger partial charge on any atom is 0.221 e. The van der Waals surface area contributed by atoms with Gasteiger partial charge in [-0.2, -0.15) is 0 Å². The molecule has 4 heteroatoms. The summed E-state index contributed by atoms with van der Waals surface area (Å²) < 4.78 is 5.56. The maximum atomic E-state index is 10.9. The van der Waals surface area contributed by atoms with Crippen molar-refractivity contribution in [3.63, 3.8) is 0 Å². The van der Waals surface area contributed by atoms with Gasteiger partial charge in [-0.1, -0.05) is 6.92 Å². The molecule has 2 rings (SSSR count). The van der Waals surface area contributed by atoms with Gasteiger partial charge in [0.2, 0.25) is 11.8 Å². The first-order valence-electron chi connectivity index (χ1n) is 5.70. The lowest BCUT2D eigenvalue weighted by atomic mass is 10.1. The van der Waals surface area contributed by atoms with Gasteiger partial charge in [0.25, 0.3) is 0 Å². The van der Waals surface area contributed by atoms with Crippen molar-refractivity contribution < 1.29 is 9.53 Å². The third-order valence-corrected chi connectivity index (χ3v) is 2.50. The van der Waals surface area contributed by atoms with Gasteiger partial charge in [-0.05, 0) is 24.3 Å². The van der Waals surface area contributed by atoms with Crippen molar-refractivity contribution in [2.75, 3.05) is 18.5 Å². The van der Waals surface area contributed by atoms with Crippen LogP contribution in [0.25, 0.3) is 0 Å². The second-order valence-corrected chi connectivity index (χ2v) is 4.32. The molecule has 1 aliphatic heterocycles. The van der Waals surface area contributed by atoms with Crippen molar-refractivity contribution in [3.05, 3.63) is 29.8 Å². The molecule has 0 bridgehead atoms. The Bertz CT molecular complexity index is 437. The Balaban J connectivity index is 2.10. The smallest absolute Gasteiger partial charge is 0.221 e. The monoisotopic (exact) mass is 232 g/mol. The number of anilines is 1. The van der Waals surface area contributed by atoms with E-state index in [1.54, 1.807) is 0 Å². The second-order valence-electron chi connectivity index (χ2n) is 4.32. The summed E-state index contributed by atoms with van der Waals surface area (Å²) in [6.07, 6.45) is 0. The Morgan fingerprint density at radius 3 is 2.65 bits per heavy atom. The van der Waals surface area contributed by atoms with Gasteiger partial charge in [-0.15, -0.1) is 0 Å². The number of amides is 1. The molecule has 0 fully saturated rings. The van der Waals surface area contributed by atoms with Crippen LogP contribution in [-0.4, -0.2) is 25.0 Å². The van der Waals surface area contributed by atoms with E-state index in [0.29, 0.717) is 18.4 Å². The quantitative estimate of drug-likeness (QED) is 0.848. The van der Waals surface area contributed by atoms with Gasteiger partial charge in [-0.25, -0.2) is 0 Å². The van der Waals surface area contributed by atoms with Crippen LogP contribution in [-0.2, 0) is 9.53 Å². The van der Waals surface area contributed by atoms with E-state index < -0.39 is 0 Å². The molecule has 0 aromatic heterocycles. The first kappa shape index (κ1) is 11.6. The number of hydrogen-bond donors (Lipinski definition) is 1. The van der Waals surface area contributed by atoms with E-state index in [1.807, 2.05) is 24.3 Å². The summed E-state index contributed by atoms with van der Waals surface area (Å²) in [5, 5.41) is 2.72. The molecule has 17 heavy (non-hydrogen) atoms.